The lowest BCUT2D eigenvalue weighted by atomic mass is 9.51. The Morgan fingerprint density at radius 2 is 1.13 bits per heavy atom. The molecule has 0 heteroatoms. The summed E-state index contributed by atoms with van der Waals surface area (Å²) in [5, 5.41) is 0. The fourth-order valence-electron chi connectivity index (χ4n) is 8.03. The number of allylic oxidation sites excluding steroid dienone is 4. The molecule has 6 unspecified atom stereocenters. The van der Waals surface area contributed by atoms with Crippen LogP contribution in [0.4, 0.5) is 0 Å². The molecule has 0 radical (unpaired) electrons. The van der Waals surface area contributed by atoms with Crippen molar-refractivity contribution >= 4 is 0 Å². The Labute approximate surface area is 89.4 Å². The summed E-state index contributed by atoms with van der Waals surface area (Å²) in [7, 11) is 0. The van der Waals surface area contributed by atoms with E-state index in [4.69, 9.17) is 0 Å². The normalized spacial score (nSPS) is 76.3. The Bertz CT molecular complexity index is 448. The Morgan fingerprint density at radius 1 is 0.667 bits per heavy atom. The standard InChI is InChI=1S/C15H14/c1-2-14(1)10-6-5-7-9-8(6)12(14)13(9)15(3-4-15)11(7)10/h1-4,6-13H,5H2/t6-,7+,8?,9?,10?,11?,12?,13?. The molecule has 0 amide bonds. The lowest BCUT2D eigenvalue weighted by Crippen LogP contribution is -2.50. The van der Waals surface area contributed by atoms with Crippen LogP contribution in [0.15, 0.2) is 24.3 Å². The van der Waals surface area contributed by atoms with Crippen molar-refractivity contribution in [3.63, 3.8) is 0 Å². The van der Waals surface area contributed by atoms with E-state index in [0.29, 0.717) is 10.8 Å². The first kappa shape index (κ1) is 6.27. The molecular formula is C15H14. The van der Waals surface area contributed by atoms with E-state index in [9.17, 15) is 0 Å². The van der Waals surface area contributed by atoms with Crippen molar-refractivity contribution in [2.75, 3.05) is 0 Å². The van der Waals surface area contributed by atoms with Gasteiger partial charge in [-0.25, -0.2) is 0 Å². The van der Waals surface area contributed by atoms with Crippen molar-refractivity contribution in [3.8, 4) is 0 Å². The molecule has 0 nitrogen and oxygen atoms in total. The summed E-state index contributed by atoms with van der Waals surface area (Å²) in [6.45, 7) is 0. The summed E-state index contributed by atoms with van der Waals surface area (Å²) in [4.78, 5) is 0. The van der Waals surface area contributed by atoms with Crippen LogP contribution in [0.3, 0.4) is 0 Å². The molecule has 5 fully saturated rings. The van der Waals surface area contributed by atoms with Crippen molar-refractivity contribution in [3.05, 3.63) is 24.3 Å². The van der Waals surface area contributed by atoms with Gasteiger partial charge in [0.2, 0.25) is 0 Å². The van der Waals surface area contributed by atoms with Crippen molar-refractivity contribution in [1.29, 1.82) is 0 Å². The van der Waals surface area contributed by atoms with Crippen LogP contribution in [-0.2, 0) is 0 Å². The Kier molecular flexibility index (Phi) is 0.536. The van der Waals surface area contributed by atoms with Crippen molar-refractivity contribution in [2.24, 2.45) is 58.2 Å². The van der Waals surface area contributed by atoms with E-state index in [0.717, 1.165) is 23.7 Å². The van der Waals surface area contributed by atoms with Gasteiger partial charge >= 0.3 is 0 Å². The highest BCUT2D eigenvalue weighted by Crippen LogP contribution is 2.95. The smallest absolute Gasteiger partial charge is 0.0130 e. The quantitative estimate of drug-likeness (QED) is 0.520. The fourth-order valence-corrected chi connectivity index (χ4v) is 8.03. The van der Waals surface area contributed by atoms with Gasteiger partial charge in [0.05, 0.1) is 0 Å². The van der Waals surface area contributed by atoms with E-state index in [1.165, 1.54) is 23.7 Å². The minimum atomic E-state index is 0.710. The third-order valence-electron chi connectivity index (χ3n) is 7.92. The zero-order chi connectivity index (χ0) is 9.15. The molecule has 5 saturated carbocycles. The largest absolute Gasteiger partial charge is 0.0771 e. The molecule has 7 aliphatic rings. The topological polar surface area (TPSA) is 0 Å². The zero-order valence-electron chi connectivity index (χ0n) is 8.64. The molecule has 7 rings (SSSR count). The lowest BCUT2D eigenvalue weighted by molar-refractivity contribution is -0.0371. The average Bonchev–Trinajstić information content (AvgIpc) is 2.99. The van der Waals surface area contributed by atoms with Crippen molar-refractivity contribution < 1.29 is 0 Å². The van der Waals surface area contributed by atoms with E-state index < -0.39 is 0 Å². The van der Waals surface area contributed by atoms with Crippen molar-refractivity contribution in [1.82, 2.24) is 0 Å². The van der Waals surface area contributed by atoms with Gasteiger partial charge in [0.25, 0.3) is 0 Å². The second-order valence-electron chi connectivity index (χ2n) is 7.49. The molecule has 0 aromatic heterocycles. The molecule has 0 aromatic rings. The van der Waals surface area contributed by atoms with Crippen LogP contribution in [0.2, 0.25) is 0 Å². The fraction of sp³-hybridized carbons (Fsp3) is 0.733. The molecule has 2 bridgehead atoms. The molecule has 2 spiro atoms. The maximum Gasteiger partial charge on any atom is 0.0130 e. The van der Waals surface area contributed by atoms with E-state index in [-0.39, 0.29) is 0 Å². The highest BCUT2D eigenvalue weighted by Gasteiger charge is 2.91. The van der Waals surface area contributed by atoms with Gasteiger partial charge in [-0.1, -0.05) is 24.3 Å². The maximum atomic E-state index is 2.61. The van der Waals surface area contributed by atoms with Gasteiger partial charge < -0.3 is 0 Å². The van der Waals surface area contributed by atoms with Crippen LogP contribution in [-0.4, -0.2) is 0 Å². The molecule has 15 heavy (non-hydrogen) atoms. The molecule has 8 atom stereocenters. The third kappa shape index (κ3) is 0.329. The Morgan fingerprint density at radius 3 is 1.53 bits per heavy atom. The van der Waals surface area contributed by atoms with Gasteiger partial charge in [0.1, 0.15) is 0 Å². The van der Waals surface area contributed by atoms with Crippen LogP contribution >= 0.6 is 0 Å². The predicted octanol–water partition coefficient (Wildman–Crippen LogP) is 2.49. The zero-order valence-corrected chi connectivity index (χ0v) is 8.64. The van der Waals surface area contributed by atoms with Crippen LogP contribution < -0.4 is 0 Å². The lowest BCUT2D eigenvalue weighted by Gasteiger charge is -2.52. The highest BCUT2D eigenvalue weighted by atomic mass is 14.9. The minimum Gasteiger partial charge on any atom is -0.0771 e. The second kappa shape index (κ2) is 1.28. The Hall–Kier alpha value is -0.520. The van der Waals surface area contributed by atoms with Crippen LogP contribution in [0.5, 0.6) is 0 Å². The summed E-state index contributed by atoms with van der Waals surface area (Å²) in [5.41, 5.74) is 1.42. The molecule has 0 aromatic carbocycles. The van der Waals surface area contributed by atoms with Gasteiger partial charge in [0, 0.05) is 10.8 Å². The molecule has 0 saturated heterocycles. The van der Waals surface area contributed by atoms with Gasteiger partial charge in [-0.2, -0.15) is 0 Å². The SMILES string of the molecule is C1=CC12C1C3C4C1C1(C=C1)C1C2[C@@H]3C[C@@H]41. The van der Waals surface area contributed by atoms with E-state index in [2.05, 4.69) is 24.3 Å². The summed E-state index contributed by atoms with van der Waals surface area (Å²) >= 11 is 0. The monoisotopic (exact) mass is 194 g/mol. The minimum absolute atomic E-state index is 0.710. The molecule has 7 aliphatic carbocycles. The second-order valence-corrected chi connectivity index (χ2v) is 7.49. The van der Waals surface area contributed by atoms with Crippen LogP contribution in [0, 0.1) is 58.2 Å². The first-order valence-electron chi connectivity index (χ1n) is 6.79. The third-order valence-corrected chi connectivity index (χ3v) is 7.92. The van der Waals surface area contributed by atoms with E-state index in [1.807, 2.05) is 0 Å². The van der Waals surface area contributed by atoms with Gasteiger partial charge in [-0.05, 0) is 53.8 Å². The van der Waals surface area contributed by atoms with Gasteiger partial charge in [-0.15, -0.1) is 0 Å². The molecule has 0 heterocycles. The summed E-state index contributed by atoms with van der Waals surface area (Å²) in [6, 6.07) is 0. The number of hydrogen-bond acceptors (Lipinski definition) is 0. The first-order valence-corrected chi connectivity index (χ1v) is 6.79. The number of hydrogen-bond donors (Lipinski definition) is 0. The van der Waals surface area contributed by atoms with Crippen LogP contribution in [0.1, 0.15) is 6.42 Å². The molecule has 74 valence electrons. The van der Waals surface area contributed by atoms with E-state index >= 15 is 0 Å². The molecular weight excluding hydrogens is 180 g/mol. The van der Waals surface area contributed by atoms with Crippen LogP contribution in [0.25, 0.3) is 0 Å². The summed E-state index contributed by atoms with van der Waals surface area (Å²) in [6.07, 6.45) is 12.1. The summed E-state index contributed by atoms with van der Waals surface area (Å²) < 4.78 is 0. The number of rotatable bonds is 0. The Balaban J connectivity index is 1.65. The van der Waals surface area contributed by atoms with E-state index in [1.54, 1.807) is 6.42 Å². The highest BCUT2D eigenvalue weighted by molar-refractivity contribution is 5.53. The first-order chi connectivity index (χ1) is 7.39. The van der Waals surface area contributed by atoms with Crippen molar-refractivity contribution in [2.45, 2.75) is 6.42 Å². The average molecular weight is 194 g/mol. The molecule has 0 aliphatic heterocycles. The van der Waals surface area contributed by atoms with Gasteiger partial charge in [0.15, 0.2) is 0 Å². The maximum absolute atomic E-state index is 2.61. The summed E-state index contributed by atoms with van der Waals surface area (Å²) in [5.74, 6) is 9.19. The number of fused-ring (bicyclic) bond motifs is 6. The predicted molar refractivity (Wildman–Crippen MR) is 55.7 cm³/mol. The molecule has 0 N–H and O–H groups in total. The van der Waals surface area contributed by atoms with Gasteiger partial charge in [-0.3, -0.25) is 0 Å².